The Morgan fingerprint density at radius 2 is 1.49 bits per heavy atom. The Kier molecular flexibility index (Phi) is 11.9. The van der Waals surface area contributed by atoms with Crippen LogP contribution in [0, 0.1) is 17.2 Å². The second-order valence-electron chi connectivity index (χ2n) is 10.3. The van der Waals surface area contributed by atoms with E-state index in [1.165, 1.54) is 0 Å². The van der Waals surface area contributed by atoms with Crippen molar-refractivity contribution in [1.29, 1.82) is 5.26 Å². The smallest absolute Gasteiger partial charge is 0.338 e. The number of methoxy groups -OCH3 is 4. The van der Waals surface area contributed by atoms with Gasteiger partial charge in [0.25, 0.3) is 0 Å². The zero-order chi connectivity index (χ0) is 29.2. The van der Waals surface area contributed by atoms with Crippen LogP contribution in [-0.4, -0.2) is 65.5 Å². The molecule has 214 valence electrons. The van der Waals surface area contributed by atoms with E-state index in [2.05, 4.69) is 24.8 Å². The molecule has 0 saturated heterocycles. The first-order valence-corrected chi connectivity index (χ1v) is 13.3. The topological polar surface area (TPSA) is 90.2 Å². The van der Waals surface area contributed by atoms with Gasteiger partial charge in [0.05, 0.1) is 51.6 Å². The Bertz CT molecular complexity index is 1140. The number of nitrogens with zero attached hydrogens (tertiary/aromatic N) is 2. The van der Waals surface area contributed by atoms with Gasteiger partial charge >= 0.3 is 5.97 Å². The van der Waals surface area contributed by atoms with Crippen molar-refractivity contribution in [3.8, 4) is 29.1 Å². The summed E-state index contributed by atoms with van der Waals surface area (Å²) in [5, 5.41) is 10.3. The van der Waals surface area contributed by atoms with Crippen molar-refractivity contribution < 1.29 is 28.5 Å². The summed E-state index contributed by atoms with van der Waals surface area (Å²) in [5.41, 5.74) is 1.59. The van der Waals surface area contributed by atoms with Gasteiger partial charge in [-0.05, 0) is 88.0 Å². The standard InChI is InChI=1S/C31H44N2O6/c1-21(2)31(20-32,24-11-12-26(35-6)28(18-24)37-8)14-10-15-33(5)16-13-23-17-27(36-7)29(38-9)19-25(23)30(34)39-22(3)4/h11-12,17-19,21-22H,10,13-16H2,1-9H3. The molecule has 0 heterocycles. The van der Waals surface area contributed by atoms with E-state index in [9.17, 15) is 10.1 Å². The quantitative estimate of drug-likeness (QED) is 0.267. The Morgan fingerprint density at radius 3 is 2.03 bits per heavy atom. The number of carbonyl (C=O) groups excluding carboxylic acids is 1. The molecule has 8 nitrogen and oxygen atoms in total. The van der Waals surface area contributed by atoms with Gasteiger partial charge in [-0.25, -0.2) is 4.79 Å². The van der Waals surface area contributed by atoms with Gasteiger partial charge in [0.1, 0.15) is 0 Å². The lowest BCUT2D eigenvalue weighted by molar-refractivity contribution is 0.0376. The Hall–Kier alpha value is -3.44. The van der Waals surface area contributed by atoms with E-state index in [0.717, 1.165) is 30.6 Å². The minimum Gasteiger partial charge on any atom is -0.493 e. The summed E-state index contributed by atoms with van der Waals surface area (Å²) in [5.74, 6) is 2.04. The molecular weight excluding hydrogens is 496 g/mol. The molecule has 2 aromatic rings. The molecule has 39 heavy (non-hydrogen) atoms. The van der Waals surface area contributed by atoms with Crippen LogP contribution in [-0.2, 0) is 16.6 Å². The first kappa shape index (κ1) is 31.8. The summed E-state index contributed by atoms with van der Waals surface area (Å²) in [6, 6.07) is 11.9. The molecule has 0 amide bonds. The van der Waals surface area contributed by atoms with Crippen LogP contribution >= 0.6 is 0 Å². The first-order valence-electron chi connectivity index (χ1n) is 13.3. The summed E-state index contributed by atoms with van der Waals surface area (Å²) in [6.45, 7) is 9.33. The number of benzene rings is 2. The van der Waals surface area contributed by atoms with Gasteiger partial charge in [0.15, 0.2) is 23.0 Å². The summed E-state index contributed by atoms with van der Waals surface area (Å²) in [4.78, 5) is 15.0. The molecule has 0 bridgehead atoms. The molecule has 8 heteroatoms. The van der Waals surface area contributed by atoms with Crippen molar-refractivity contribution >= 4 is 5.97 Å². The van der Waals surface area contributed by atoms with Crippen LogP contribution in [0.4, 0.5) is 0 Å². The SMILES string of the molecule is COc1ccc(C(C#N)(CCCN(C)CCc2cc(OC)c(OC)cc2C(=O)OC(C)C)C(C)C)cc1OC. The molecule has 0 aromatic heterocycles. The number of esters is 1. The zero-order valence-electron chi connectivity index (χ0n) is 24.9. The maximum atomic E-state index is 12.8. The number of nitriles is 1. The third-order valence-electron chi connectivity index (χ3n) is 7.13. The van der Waals surface area contributed by atoms with Crippen LogP contribution in [0.3, 0.4) is 0 Å². The van der Waals surface area contributed by atoms with E-state index < -0.39 is 5.41 Å². The van der Waals surface area contributed by atoms with E-state index in [-0.39, 0.29) is 18.0 Å². The zero-order valence-corrected chi connectivity index (χ0v) is 24.9. The van der Waals surface area contributed by atoms with Gasteiger partial charge in [0, 0.05) is 6.54 Å². The summed E-state index contributed by atoms with van der Waals surface area (Å²) >= 11 is 0. The van der Waals surface area contributed by atoms with Crippen LogP contribution in [0.25, 0.3) is 0 Å². The van der Waals surface area contributed by atoms with E-state index in [1.807, 2.05) is 45.2 Å². The van der Waals surface area contributed by atoms with Crippen LogP contribution in [0.2, 0.25) is 0 Å². The number of carbonyl (C=O) groups is 1. The van der Waals surface area contributed by atoms with Crippen molar-refractivity contribution in [3.05, 3.63) is 47.0 Å². The second kappa shape index (κ2) is 14.6. The van der Waals surface area contributed by atoms with Gasteiger partial charge in [-0.3, -0.25) is 0 Å². The van der Waals surface area contributed by atoms with Crippen LogP contribution in [0.15, 0.2) is 30.3 Å². The molecule has 0 N–H and O–H groups in total. The molecule has 0 aliphatic carbocycles. The third-order valence-corrected chi connectivity index (χ3v) is 7.13. The van der Waals surface area contributed by atoms with Crippen molar-refractivity contribution in [2.75, 3.05) is 48.6 Å². The fourth-order valence-electron chi connectivity index (χ4n) is 4.78. The average Bonchev–Trinajstić information content (AvgIpc) is 2.92. The van der Waals surface area contributed by atoms with Gasteiger partial charge < -0.3 is 28.6 Å². The van der Waals surface area contributed by atoms with Crippen molar-refractivity contribution in [3.63, 3.8) is 0 Å². The van der Waals surface area contributed by atoms with Crippen LogP contribution < -0.4 is 18.9 Å². The largest absolute Gasteiger partial charge is 0.493 e. The average molecular weight is 541 g/mol. The molecule has 0 fully saturated rings. The number of rotatable bonds is 15. The molecule has 2 aromatic carbocycles. The maximum Gasteiger partial charge on any atom is 0.338 e. The number of hydrogen-bond acceptors (Lipinski definition) is 8. The first-order chi connectivity index (χ1) is 18.6. The molecule has 2 rings (SSSR count). The number of likely N-dealkylation sites (N-methyl/N-ethyl adjacent to an activating group) is 1. The molecular formula is C31H44N2O6. The minimum atomic E-state index is -0.655. The highest BCUT2D eigenvalue weighted by Gasteiger charge is 2.36. The Balaban J connectivity index is 2.16. The highest BCUT2D eigenvalue weighted by Crippen LogP contribution is 2.40. The fourth-order valence-corrected chi connectivity index (χ4v) is 4.78. The molecule has 0 spiro atoms. The Morgan fingerprint density at radius 1 is 0.897 bits per heavy atom. The number of ether oxygens (including phenoxy) is 5. The summed E-state index contributed by atoms with van der Waals surface area (Å²) in [7, 11) is 8.38. The van der Waals surface area contributed by atoms with Crippen LogP contribution in [0.1, 0.15) is 62.0 Å². The van der Waals surface area contributed by atoms with Gasteiger partial charge in [0.2, 0.25) is 0 Å². The van der Waals surface area contributed by atoms with Gasteiger partial charge in [-0.15, -0.1) is 0 Å². The molecule has 0 aliphatic heterocycles. The van der Waals surface area contributed by atoms with E-state index in [1.54, 1.807) is 34.5 Å². The summed E-state index contributed by atoms with van der Waals surface area (Å²) < 4.78 is 27.2. The third kappa shape index (κ3) is 7.79. The van der Waals surface area contributed by atoms with Gasteiger partial charge in [-0.2, -0.15) is 5.26 Å². The van der Waals surface area contributed by atoms with E-state index in [0.29, 0.717) is 41.4 Å². The predicted molar refractivity (Wildman–Crippen MR) is 152 cm³/mol. The van der Waals surface area contributed by atoms with E-state index >= 15 is 0 Å². The molecule has 0 aliphatic rings. The molecule has 0 radical (unpaired) electrons. The Labute approximate surface area is 233 Å². The maximum absolute atomic E-state index is 12.8. The van der Waals surface area contributed by atoms with Crippen molar-refractivity contribution in [2.24, 2.45) is 5.92 Å². The highest BCUT2D eigenvalue weighted by molar-refractivity contribution is 5.92. The number of hydrogen-bond donors (Lipinski definition) is 0. The predicted octanol–water partition coefficient (Wildman–Crippen LogP) is 5.66. The fraction of sp³-hybridized carbons (Fsp3) is 0.548. The normalized spacial score (nSPS) is 12.7. The molecule has 1 unspecified atom stereocenters. The lowest BCUT2D eigenvalue weighted by atomic mass is 9.69. The lowest BCUT2D eigenvalue weighted by Crippen LogP contribution is -2.32. The highest BCUT2D eigenvalue weighted by atomic mass is 16.5. The molecule has 0 saturated carbocycles. The monoisotopic (exact) mass is 540 g/mol. The summed E-state index contributed by atoms with van der Waals surface area (Å²) in [6.07, 6.45) is 1.92. The van der Waals surface area contributed by atoms with Crippen molar-refractivity contribution in [2.45, 2.75) is 58.5 Å². The minimum absolute atomic E-state index is 0.104. The second-order valence-corrected chi connectivity index (χ2v) is 10.3. The van der Waals surface area contributed by atoms with E-state index in [4.69, 9.17) is 23.7 Å². The van der Waals surface area contributed by atoms with Crippen LogP contribution in [0.5, 0.6) is 23.0 Å². The van der Waals surface area contributed by atoms with Crippen molar-refractivity contribution in [1.82, 2.24) is 4.90 Å². The lowest BCUT2D eigenvalue weighted by Gasteiger charge is -2.32. The molecule has 1 atom stereocenters. The van der Waals surface area contributed by atoms with Gasteiger partial charge in [-0.1, -0.05) is 19.9 Å².